The third kappa shape index (κ3) is 2.77. The van der Waals surface area contributed by atoms with Crippen molar-refractivity contribution >= 4 is 5.97 Å². The van der Waals surface area contributed by atoms with Crippen molar-refractivity contribution in [3.8, 4) is 5.75 Å². The quantitative estimate of drug-likeness (QED) is 0.812. The molecule has 0 heterocycles. The van der Waals surface area contributed by atoms with Gasteiger partial charge in [-0.15, -0.1) is 0 Å². The summed E-state index contributed by atoms with van der Waals surface area (Å²) in [6.45, 7) is 0. The number of aliphatic hydroxyl groups excluding tert-OH is 1. The first-order valence-electron chi connectivity index (χ1n) is 5.74. The Morgan fingerprint density at radius 1 is 1.29 bits per heavy atom. The maximum atomic E-state index is 11.2. The third-order valence-electron chi connectivity index (χ3n) is 2.98. The number of aliphatic hydroxyl groups is 1. The van der Waals surface area contributed by atoms with Crippen LogP contribution < -0.4 is 4.74 Å². The van der Waals surface area contributed by atoms with Crippen LogP contribution >= 0.6 is 0 Å². The summed E-state index contributed by atoms with van der Waals surface area (Å²) in [7, 11) is 1.35. The molecule has 1 fully saturated rings. The lowest BCUT2D eigenvalue weighted by Gasteiger charge is -2.17. The Morgan fingerprint density at radius 2 is 2.00 bits per heavy atom. The molecular weight excluding hydrogens is 220 g/mol. The molecule has 1 saturated carbocycles. The largest absolute Gasteiger partial charge is 0.488 e. The van der Waals surface area contributed by atoms with Crippen LogP contribution in [0, 0.1) is 0 Å². The molecule has 17 heavy (non-hydrogen) atoms. The Labute approximate surface area is 100 Å². The summed E-state index contributed by atoms with van der Waals surface area (Å²) in [5.41, 5.74) is 0.492. The van der Waals surface area contributed by atoms with Gasteiger partial charge in [-0.25, -0.2) is 4.79 Å². The molecule has 2 unspecified atom stereocenters. The van der Waals surface area contributed by atoms with E-state index in [1.807, 2.05) is 0 Å². The van der Waals surface area contributed by atoms with Gasteiger partial charge in [-0.1, -0.05) is 0 Å². The maximum absolute atomic E-state index is 11.2. The smallest absolute Gasteiger partial charge is 0.337 e. The van der Waals surface area contributed by atoms with Gasteiger partial charge in [-0.05, 0) is 43.5 Å². The van der Waals surface area contributed by atoms with Crippen LogP contribution in [0.25, 0.3) is 0 Å². The van der Waals surface area contributed by atoms with Gasteiger partial charge in [-0.2, -0.15) is 0 Å². The van der Waals surface area contributed by atoms with Gasteiger partial charge >= 0.3 is 5.97 Å². The highest BCUT2D eigenvalue weighted by molar-refractivity contribution is 5.89. The van der Waals surface area contributed by atoms with Gasteiger partial charge in [-0.3, -0.25) is 0 Å². The van der Waals surface area contributed by atoms with Gasteiger partial charge in [0, 0.05) is 0 Å². The van der Waals surface area contributed by atoms with Gasteiger partial charge < -0.3 is 14.6 Å². The molecule has 0 radical (unpaired) electrons. The van der Waals surface area contributed by atoms with Crippen LogP contribution in [0.5, 0.6) is 5.75 Å². The maximum Gasteiger partial charge on any atom is 0.337 e. The van der Waals surface area contributed by atoms with Crippen molar-refractivity contribution in [3.63, 3.8) is 0 Å². The van der Waals surface area contributed by atoms with E-state index in [4.69, 9.17) is 4.74 Å². The summed E-state index contributed by atoms with van der Waals surface area (Å²) in [6, 6.07) is 6.75. The summed E-state index contributed by atoms with van der Waals surface area (Å²) < 4.78 is 10.3. The SMILES string of the molecule is COC(=O)c1ccc(OC2CCCC2O)cc1. The summed E-state index contributed by atoms with van der Waals surface area (Å²) >= 11 is 0. The number of carbonyl (C=O) groups is 1. The lowest BCUT2D eigenvalue weighted by atomic mass is 10.2. The molecule has 92 valence electrons. The molecule has 2 rings (SSSR count). The van der Waals surface area contributed by atoms with Crippen LogP contribution in [-0.4, -0.2) is 30.4 Å². The molecule has 4 heteroatoms. The molecule has 1 aliphatic rings. The van der Waals surface area contributed by atoms with Crippen molar-refractivity contribution in [2.24, 2.45) is 0 Å². The van der Waals surface area contributed by atoms with E-state index in [9.17, 15) is 9.90 Å². The molecule has 0 amide bonds. The minimum atomic E-state index is -0.379. The van der Waals surface area contributed by atoms with Crippen molar-refractivity contribution in [1.29, 1.82) is 0 Å². The van der Waals surface area contributed by atoms with E-state index < -0.39 is 0 Å². The first kappa shape index (κ1) is 11.9. The van der Waals surface area contributed by atoms with Crippen molar-refractivity contribution in [2.75, 3.05) is 7.11 Å². The van der Waals surface area contributed by atoms with E-state index in [1.54, 1.807) is 24.3 Å². The zero-order valence-corrected chi connectivity index (χ0v) is 9.76. The topological polar surface area (TPSA) is 55.8 Å². The number of methoxy groups -OCH3 is 1. The third-order valence-corrected chi connectivity index (χ3v) is 2.98. The lowest BCUT2D eigenvalue weighted by molar-refractivity contribution is 0.0590. The first-order chi connectivity index (χ1) is 8.20. The van der Waals surface area contributed by atoms with Crippen molar-refractivity contribution in [2.45, 2.75) is 31.5 Å². The lowest BCUT2D eigenvalue weighted by Crippen LogP contribution is -2.25. The summed E-state index contributed by atoms with van der Waals surface area (Å²) in [5, 5.41) is 9.63. The number of hydrogen-bond donors (Lipinski definition) is 1. The van der Waals surface area contributed by atoms with Gasteiger partial charge in [0.25, 0.3) is 0 Å². The van der Waals surface area contributed by atoms with Crippen molar-refractivity contribution in [1.82, 2.24) is 0 Å². The number of hydrogen-bond acceptors (Lipinski definition) is 4. The highest BCUT2D eigenvalue weighted by atomic mass is 16.5. The molecule has 4 nitrogen and oxygen atoms in total. The van der Waals surface area contributed by atoms with E-state index in [2.05, 4.69) is 4.74 Å². The average molecular weight is 236 g/mol. The monoisotopic (exact) mass is 236 g/mol. The Morgan fingerprint density at radius 3 is 2.53 bits per heavy atom. The second-order valence-electron chi connectivity index (χ2n) is 4.17. The van der Waals surface area contributed by atoms with Crippen LogP contribution in [-0.2, 0) is 4.74 Å². The Bertz CT molecular complexity index is 385. The van der Waals surface area contributed by atoms with Gasteiger partial charge in [0.1, 0.15) is 11.9 Å². The molecule has 0 aromatic heterocycles. The van der Waals surface area contributed by atoms with Crippen molar-refractivity contribution < 1.29 is 19.4 Å². The molecule has 0 aliphatic heterocycles. The molecule has 1 aromatic carbocycles. The predicted octanol–water partition coefficient (Wildman–Crippen LogP) is 1.77. The minimum absolute atomic E-state index is 0.126. The minimum Gasteiger partial charge on any atom is -0.488 e. The van der Waals surface area contributed by atoms with Crippen LogP contribution in [0.3, 0.4) is 0 Å². The van der Waals surface area contributed by atoms with E-state index in [0.717, 1.165) is 19.3 Å². The van der Waals surface area contributed by atoms with E-state index in [0.29, 0.717) is 11.3 Å². The highest BCUT2D eigenvalue weighted by Gasteiger charge is 2.26. The normalized spacial score (nSPS) is 23.4. The summed E-state index contributed by atoms with van der Waals surface area (Å²) in [4.78, 5) is 11.2. The molecule has 1 N–H and O–H groups in total. The number of rotatable bonds is 3. The summed E-state index contributed by atoms with van der Waals surface area (Å²) in [5.74, 6) is 0.307. The van der Waals surface area contributed by atoms with Gasteiger partial charge in [0.2, 0.25) is 0 Å². The molecule has 0 spiro atoms. The number of esters is 1. The molecule has 0 bridgehead atoms. The number of ether oxygens (including phenoxy) is 2. The van der Waals surface area contributed by atoms with Gasteiger partial charge in [0.15, 0.2) is 0 Å². The molecule has 1 aliphatic carbocycles. The zero-order valence-electron chi connectivity index (χ0n) is 9.76. The highest BCUT2D eigenvalue weighted by Crippen LogP contribution is 2.24. The average Bonchev–Trinajstić information content (AvgIpc) is 2.75. The fourth-order valence-electron chi connectivity index (χ4n) is 2.01. The Hall–Kier alpha value is -1.55. The first-order valence-corrected chi connectivity index (χ1v) is 5.74. The zero-order chi connectivity index (χ0) is 12.3. The van der Waals surface area contributed by atoms with Gasteiger partial charge in [0.05, 0.1) is 18.8 Å². The Kier molecular flexibility index (Phi) is 3.64. The van der Waals surface area contributed by atoms with E-state index in [-0.39, 0.29) is 18.2 Å². The van der Waals surface area contributed by atoms with Crippen LogP contribution in [0.15, 0.2) is 24.3 Å². The second kappa shape index (κ2) is 5.19. The second-order valence-corrected chi connectivity index (χ2v) is 4.17. The number of benzene rings is 1. The fraction of sp³-hybridized carbons (Fsp3) is 0.462. The molecule has 0 saturated heterocycles. The Balaban J connectivity index is 2.00. The summed E-state index contributed by atoms with van der Waals surface area (Å²) in [6.07, 6.45) is 2.16. The number of carbonyl (C=O) groups excluding carboxylic acids is 1. The molecular formula is C13H16O4. The van der Waals surface area contributed by atoms with Crippen LogP contribution in [0.1, 0.15) is 29.6 Å². The van der Waals surface area contributed by atoms with E-state index >= 15 is 0 Å². The predicted molar refractivity (Wildman–Crippen MR) is 62.1 cm³/mol. The van der Waals surface area contributed by atoms with Crippen LogP contribution in [0.4, 0.5) is 0 Å². The van der Waals surface area contributed by atoms with Crippen molar-refractivity contribution in [3.05, 3.63) is 29.8 Å². The fourth-order valence-corrected chi connectivity index (χ4v) is 2.01. The standard InChI is InChI=1S/C13H16O4/c1-16-13(15)9-5-7-10(8-6-9)17-12-4-2-3-11(12)14/h5-8,11-12,14H,2-4H2,1H3. The molecule has 2 atom stereocenters. The molecule has 1 aromatic rings. The van der Waals surface area contributed by atoms with Crippen LogP contribution in [0.2, 0.25) is 0 Å². The van der Waals surface area contributed by atoms with E-state index in [1.165, 1.54) is 7.11 Å².